The van der Waals surface area contributed by atoms with Gasteiger partial charge in [0.15, 0.2) is 9.84 Å². The maximum absolute atomic E-state index is 12.2. The molecule has 29 heavy (non-hydrogen) atoms. The average Bonchev–Trinajstić information content (AvgIpc) is 2.85. The van der Waals surface area contributed by atoms with E-state index < -0.39 is 9.84 Å². The molecule has 150 valence electrons. The molecule has 0 atom stereocenters. The Hall–Kier alpha value is -2.37. The summed E-state index contributed by atoms with van der Waals surface area (Å²) in [4.78, 5) is 7.05. The highest BCUT2D eigenvalue weighted by Crippen LogP contribution is 2.34. The van der Waals surface area contributed by atoms with Gasteiger partial charge in [0.2, 0.25) is 0 Å². The Labute approximate surface area is 177 Å². The summed E-state index contributed by atoms with van der Waals surface area (Å²) in [7, 11) is -1.07. The number of rotatable bonds is 4. The Balaban J connectivity index is 1.89. The summed E-state index contributed by atoms with van der Waals surface area (Å²) in [5, 5.41) is 0.684. The first-order valence-corrected chi connectivity index (χ1v) is 11.8. The number of fused-ring (bicyclic) bond motifs is 3. The fourth-order valence-electron chi connectivity index (χ4n) is 3.68. The Morgan fingerprint density at radius 1 is 1.10 bits per heavy atom. The first-order chi connectivity index (χ1) is 13.9. The number of nitrogens with zero attached hydrogens (tertiary/aromatic N) is 2. The Morgan fingerprint density at radius 3 is 2.59 bits per heavy atom. The molecule has 2 heterocycles. The van der Waals surface area contributed by atoms with Crippen molar-refractivity contribution in [1.82, 2.24) is 4.90 Å². The van der Waals surface area contributed by atoms with E-state index in [1.54, 1.807) is 6.92 Å². The number of hydrogen-bond donors (Lipinski definition) is 0. The molecule has 6 heteroatoms. The molecule has 0 saturated heterocycles. The third-order valence-electron chi connectivity index (χ3n) is 5.30. The van der Waals surface area contributed by atoms with Crippen molar-refractivity contribution in [2.75, 3.05) is 25.9 Å². The van der Waals surface area contributed by atoms with Crippen molar-refractivity contribution in [3.8, 4) is 0 Å². The highest BCUT2D eigenvalue weighted by molar-refractivity contribution is 7.90. The highest BCUT2D eigenvalue weighted by Gasteiger charge is 2.24. The molecule has 0 N–H and O–H groups in total. The molecular weight excluding hydrogens is 404 g/mol. The number of hydrogen-bond acceptors (Lipinski definition) is 4. The van der Waals surface area contributed by atoms with Gasteiger partial charge in [-0.3, -0.25) is 4.99 Å². The van der Waals surface area contributed by atoms with Crippen LogP contribution in [0.3, 0.4) is 0 Å². The van der Waals surface area contributed by atoms with E-state index in [9.17, 15) is 8.42 Å². The van der Waals surface area contributed by atoms with Gasteiger partial charge in [-0.25, -0.2) is 8.42 Å². The molecule has 4 nitrogen and oxygen atoms in total. The third-order valence-corrected chi connectivity index (χ3v) is 7.21. The fraction of sp³-hybridized carbons (Fsp3) is 0.261. The zero-order valence-electron chi connectivity index (χ0n) is 16.5. The van der Waals surface area contributed by atoms with Gasteiger partial charge in [-0.05, 0) is 34.9 Å². The van der Waals surface area contributed by atoms with Gasteiger partial charge in [-0.15, -0.1) is 0 Å². The molecule has 0 saturated carbocycles. The summed E-state index contributed by atoms with van der Waals surface area (Å²) in [6, 6.07) is 13.6. The molecule has 2 aliphatic heterocycles. The predicted molar refractivity (Wildman–Crippen MR) is 120 cm³/mol. The van der Waals surface area contributed by atoms with Crippen LogP contribution in [0, 0.1) is 0 Å². The SMILES string of the molecule is CCS(=O)(=O)Cc1ccc2c(c1)C1=CN(C)CC=C1CN=C2c1ccc(Cl)cc1. The van der Waals surface area contributed by atoms with Crippen LogP contribution in [0.5, 0.6) is 0 Å². The lowest BCUT2D eigenvalue weighted by molar-refractivity contribution is 0.504. The fourth-order valence-corrected chi connectivity index (χ4v) is 4.70. The van der Waals surface area contributed by atoms with E-state index in [4.69, 9.17) is 16.6 Å². The van der Waals surface area contributed by atoms with Crippen LogP contribution in [-0.4, -0.2) is 44.9 Å². The van der Waals surface area contributed by atoms with Crippen LogP contribution < -0.4 is 0 Å². The molecule has 2 aromatic carbocycles. The quantitative estimate of drug-likeness (QED) is 0.730. The third kappa shape index (κ3) is 4.16. The Morgan fingerprint density at radius 2 is 1.86 bits per heavy atom. The Kier molecular flexibility index (Phi) is 5.36. The standard InChI is InChI=1S/C23H23ClN2O2S/c1-3-29(27,28)15-16-4-9-20-21(12-16)22-14-26(2)11-10-18(22)13-25-23(20)17-5-7-19(24)8-6-17/h4-10,12,14H,3,11,13,15H2,1-2H3. The van der Waals surface area contributed by atoms with Crippen LogP contribution in [0.4, 0.5) is 0 Å². The molecule has 0 unspecified atom stereocenters. The minimum atomic E-state index is -3.11. The van der Waals surface area contributed by atoms with E-state index in [1.165, 1.54) is 5.57 Å². The van der Waals surface area contributed by atoms with Crippen LogP contribution in [0.25, 0.3) is 5.57 Å². The molecule has 0 spiro atoms. The Bertz CT molecular complexity index is 1150. The van der Waals surface area contributed by atoms with Gasteiger partial charge >= 0.3 is 0 Å². The van der Waals surface area contributed by atoms with Gasteiger partial charge in [0.05, 0.1) is 18.0 Å². The van der Waals surface area contributed by atoms with Gasteiger partial charge in [0.1, 0.15) is 0 Å². The van der Waals surface area contributed by atoms with E-state index in [-0.39, 0.29) is 11.5 Å². The van der Waals surface area contributed by atoms with E-state index >= 15 is 0 Å². The largest absolute Gasteiger partial charge is 0.376 e. The highest BCUT2D eigenvalue weighted by atomic mass is 35.5. The molecule has 0 amide bonds. The normalized spacial score (nSPS) is 16.2. The number of sulfone groups is 1. The molecular formula is C23H23ClN2O2S. The number of likely N-dealkylation sites (N-methyl/N-ethyl adjacent to an activating group) is 1. The van der Waals surface area contributed by atoms with E-state index in [0.29, 0.717) is 11.6 Å². The second-order valence-corrected chi connectivity index (χ2v) is 10.2. The lowest BCUT2D eigenvalue weighted by atomic mass is 9.89. The lowest BCUT2D eigenvalue weighted by Crippen LogP contribution is -2.17. The van der Waals surface area contributed by atoms with Gasteiger partial charge in [-0.1, -0.05) is 48.9 Å². The number of aliphatic imine (C=N–C) groups is 1. The molecule has 0 fully saturated rings. The van der Waals surface area contributed by atoms with Crippen molar-refractivity contribution < 1.29 is 8.42 Å². The lowest BCUT2D eigenvalue weighted by Gasteiger charge is -2.23. The first-order valence-electron chi connectivity index (χ1n) is 9.62. The smallest absolute Gasteiger partial charge is 0.154 e. The van der Waals surface area contributed by atoms with Gasteiger partial charge in [0, 0.05) is 47.3 Å². The summed E-state index contributed by atoms with van der Waals surface area (Å²) in [6.07, 6.45) is 4.33. The second kappa shape index (κ2) is 7.81. The van der Waals surface area contributed by atoms with Crippen LogP contribution >= 0.6 is 11.6 Å². The second-order valence-electron chi connectivity index (χ2n) is 7.44. The zero-order chi connectivity index (χ0) is 20.6. The van der Waals surface area contributed by atoms with Crippen molar-refractivity contribution >= 4 is 32.7 Å². The molecule has 4 rings (SSSR count). The van der Waals surface area contributed by atoms with Gasteiger partial charge in [-0.2, -0.15) is 0 Å². The maximum atomic E-state index is 12.2. The predicted octanol–water partition coefficient (Wildman–Crippen LogP) is 4.34. The van der Waals surface area contributed by atoms with Crippen molar-refractivity contribution in [3.63, 3.8) is 0 Å². The van der Waals surface area contributed by atoms with Crippen molar-refractivity contribution in [3.05, 3.63) is 87.6 Å². The van der Waals surface area contributed by atoms with Crippen LogP contribution in [0.1, 0.15) is 29.2 Å². The molecule has 0 radical (unpaired) electrons. The van der Waals surface area contributed by atoms with Crippen LogP contribution in [0.15, 0.2) is 65.3 Å². The van der Waals surface area contributed by atoms with Crippen molar-refractivity contribution in [2.24, 2.45) is 4.99 Å². The number of halogens is 1. The van der Waals surface area contributed by atoms with Crippen molar-refractivity contribution in [1.29, 1.82) is 0 Å². The molecule has 2 aliphatic rings. The minimum Gasteiger partial charge on any atom is -0.376 e. The van der Waals surface area contributed by atoms with Crippen LogP contribution in [-0.2, 0) is 15.6 Å². The number of benzene rings is 2. The summed E-state index contributed by atoms with van der Waals surface area (Å²) in [6.45, 7) is 3.11. The molecule has 0 aliphatic carbocycles. The molecule has 0 aromatic heterocycles. The van der Waals surface area contributed by atoms with Crippen molar-refractivity contribution in [2.45, 2.75) is 12.7 Å². The van der Waals surface area contributed by atoms with E-state index in [2.05, 4.69) is 17.2 Å². The zero-order valence-corrected chi connectivity index (χ0v) is 18.1. The summed E-state index contributed by atoms with van der Waals surface area (Å²) >= 11 is 6.07. The first kappa shape index (κ1) is 19.9. The summed E-state index contributed by atoms with van der Waals surface area (Å²) in [5.74, 6) is 0.185. The van der Waals surface area contributed by atoms with E-state index in [1.807, 2.05) is 49.5 Å². The minimum absolute atomic E-state index is 0.0480. The van der Waals surface area contributed by atoms with Crippen LogP contribution in [0.2, 0.25) is 5.02 Å². The average molecular weight is 427 g/mol. The molecule has 0 bridgehead atoms. The summed E-state index contributed by atoms with van der Waals surface area (Å²) in [5.41, 5.74) is 7.02. The molecule has 2 aromatic rings. The monoisotopic (exact) mass is 426 g/mol. The van der Waals surface area contributed by atoms with Gasteiger partial charge < -0.3 is 4.90 Å². The van der Waals surface area contributed by atoms with Gasteiger partial charge in [0.25, 0.3) is 0 Å². The van der Waals surface area contributed by atoms with E-state index in [0.717, 1.165) is 40.1 Å². The summed E-state index contributed by atoms with van der Waals surface area (Å²) < 4.78 is 24.4. The topological polar surface area (TPSA) is 49.7 Å². The maximum Gasteiger partial charge on any atom is 0.154 e.